The van der Waals surface area contributed by atoms with E-state index < -0.39 is 22.7 Å². The molecule has 7 nitrogen and oxygen atoms in total. The van der Waals surface area contributed by atoms with Gasteiger partial charge < -0.3 is 18.0 Å². The summed E-state index contributed by atoms with van der Waals surface area (Å²) >= 11 is 0. The van der Waals surface area contributed by atoms with Gasteiger partial charge in [-0.1, -0.05) is 77.9 Å². The van der Waals surface area contributed by atoms with Gasteiger partial charge in [0.15, 0.2) is 16.6 Å². The highest BCUT2D eigenvalue weighted by Crippen LogP contribution is 2.46. The van der Waals surface area contributed by atoms with E-state index in [0.717, 1.165) is 16.9 Å². The van der Waals surface area contributed by atoms with Gasteiger partial charge in [-0.2, -0.15) is 0 Å². The molecule has 1 amide bonds. The van der Waals surface area contributed by atoms with Crippen LogP contribution < -0.4 is 0 Å². The van der Waals surface area contributed by atoms with E-state index >= 15 is 0 Å². The minimum Gasteiger partial charge on any atom is -0.445 e. The van der Waals surface area contributed by atoms with Crippen LogP contribution in [0.5, 0.6) is 0 Å². The molecular formula is C34H51N3O4Si2. The van der Waals surface area contributed by atoms with Crippen molar-refractivity contribution in [3.8, 4) is 0 Å². The molecule has 1 saturated heterocycles. The zero-order valence-corrected chi connectivity index (χ0v) is 29.8. The first kappa shape index (κ1) is 31.9. The zero-order chi connectivity index (χ0) is 31.4. The van der Waals surface area contributed by atoms with E-state index in [2.05, 4.69) is 96.7 Å². The van der Waals surface area contributed by atoms with Gasteiger partial charge in [0.1, 0.15) is 18.3 Å². The molecule has 1 saturated carbocycles. The van der Waals surface area contributed by atoms with Crippen LogP contribution in [0.4, 0.5) is 4.79 Å². The second-order valence-corrected chi connectivity index (χ2v) is 25.1. The summed E-state index contributed by atoms with van der Waals surface area (Å²) in [5.74, 6) is 0.642. The molecule has 0 spiro atoms. The van der Waals surface area contributed by atoms with Gasteiger partial charge in [-0.05, 0) is 72.2 Å². The fourth-order valence-electron chi connectivity index (χ4n) is 5.26. The van der Waals surface area contributed by atoms with Gasteiger partial charge in [0.25, 0.3) is 0 Å². The topological polar surface area (TPSA) is 65.3 Å². The molecule has 1 aromatic carbocycles. The molecule has 9 heteroatoms. The number of carbonyl (C=O) groups excluding carboxylic acids is 1. The maximum Gasteiger partial charge on any atom is 0.410 e. The van der Waals surface area contributed by atoms with Crippen LogP contribution in [0.2, 0.25) is 36.3 Å². The molecule has 3 aromatic rings. The highest BCUT2D eigenvalue weighted by molar-refractivity contribution is 6.74. The average molecular weight is 622 g/mol. The SMILES string of the molecule is CC(C)(C)[Si](C)(C)OC1CN(C(=O)OCc2ccccc2)[C@@H](c2cn3cc(C4CC4)ccc3n2)C1O[Si](C)(C)C(C)(C)C. The number of aromatic nitrogens is 2. The standard InChI is InChI=1S/C34H51N3O4Si2/c1-33(2,3)42(7,8)40-28-22-37(32(38)39-23-24-14-12-11-13-15-24)30(31(28)41-43(9,10)34(4,5)6)27-21-36-20-26(25-16-17-25)18-19-29(36)35-27/h11-15,18-21,25,28,30-31H,16-17,22-23H2,1-10H3/t28?,30-,31?/m0/s1. The largest absolute Gasteiger partial charge is 0.445 e. The second-order valence-electron chi connectivity index (χ2n) is 15.6. The third kappa shape index (κ3) is 6.80. The van der Waals surface area contributed by atoms with Crippen LogP contribution in [0.3, 0.4) is 0 Å². The predicted molar refractivity (Wildman–Crippen MR) is 177 cm³/mol. The summed E-state index contributed by atoms with van der Waals surface area (Å²) in [5.41, 5.74) is 3.98. The van der Waals surface area contributed by atoms with Crippen molar-refractivity contribution in [1.82, 2.24) is 14.3 Å². The fourth-order valence-corrected chi connectivity index (χ4v) is 7.89. The van der Waals surface area contributed by atoms with Crippen molar-refractivity contribution < 1.29 is 18.4 Å². The lowest BCUT2D eigenvalue weighted by Gasteiger charge is -2.43. The van der Waals surface area contributed by atoms with E-state index in [-0.39, 0.29) is 35.0 Å². The molecule has 3 atom stereocenters. The number of imidazole rings is 1. The van der Waals surface area contributed by atoms with Crippen molar-refractivity contribution in [3.05, 3.63) is 71.7 Å². The minimum atomic E-state index is -2.28. The fraction of sp³-hybridized carbons (Fsp3) is 0.588. The summed E-state index contributed by atoms with van der Waals surface area (Å²) < 4.78 is 22.4. The van der Waals surface area contributed by atoms with Crippen LogP contribution in [-0.2, 0) is 20.2 Å². The molecule has 2 unspecified atom stereocenters. The summed E-state index contributed by atoms with van der Waals surface area (Å²) in [6.45, 7) is 23.2. The van der Waals surface area contributed by atoms with Crippen molar-refractivity contribution >= 4 is 28.4 Å². The lowest BCUT2D eigenvalue weighted by molar-refractivity contribution is 0.0477. The number of rotatable bonds is 8. The number of ether oxygens (including phenoxy) is 1. The van der Waals surface area contributed by atoms with E-state index in [9.17, 15) is 4.79 Å². The summed E-state index contributed by atoms with van der Waals surface area (Å²) in [6, 6.07) is 13.7. The Labute approximate surface area is 260 Å². The van der Waals surface area contributed by atoms with Crippen LogP contribution in [0.1, 0.15) is 83.2 Å². The number of amides is 1. The molecule has 0 N–H and O–H groups in total. The average Bonchev–Trinajstić information content (AvgIpc) is 3.59. The maximum absolute atomic E-state index is 14.0. The number of pyridine rings is 1. The number of nitrogens with zero attached hydrogens (tertiary/aromatic N) is 3. The lowest BCUT2D eigenvalue weighted by atomic mass is 10.1. The molecule has 43 heavy (non-hydrogen) atoms. The first-order chi connectivity index (χ1) is 20.0. The zero-order valence-electron chi connectivity index (χ0n) is 27.8. The van der Waals surface area contributed by atoms with Crippen LogP contribution in [0.15, 0.2) is 54.9 Å². The molecule has 0 bridgehead atoms. The van der Waals surface area contributed by atoms with Gasteiger partial charge in [-0.15, -0.1) is 0 Å². The number of likely N-dealkylation sites (tertiary alicyclic amines) is 1. The molecule has 234 valence electrons. The summed E-state index contributed by atoms with van der Waals surface area (Å²) in [7, 11) is -4.49. The Balaban J connectivity index is 1.56. The first-order valence-corrected chi connectivity index (χ1v) is 21.6. The van der Waals surface area contributed by atoms with Gasteiger partial charge in [0.2, 0.25) is 0 Å². The molecule has 2 aliphatic rings. The second kappa shape index (κ2) is 11.5. The predicted octanol–water partition coefficient (Wildman–Crippen LogP) is 8.69. The molecule has 2 aromatic heterocycles. The van der Waals surface area contributed by atoms with Crippen LogP contribution >= 0.6 is 0 Å². The van der Waals surface area contributed by atoms with E-state index in [1.54, 1.807) is 0 Å². The first-order valence-electron chi connectivity index (χ1n) is 15.8. The van der Waals surface area contributed by atoms with Gasteiger partial charge in [-0.25, -0.2) is 9.78 Å². The maximum atomic E-state index is 14.0. The van der Waals surface area contributed by atoms with Crippen LogP contribution in [0, 0.1) is 0 Å². The van der Waals surface area contributed by atoms with Crippen molar-refractivity contribution in [3.63, 3.8) is 0 Å². The Morgan fingerprint density at radius 3 is 2.12 bits per heavy atom. The van der Waals surface area contributed by atoms with Crippen LogP contribution in [0.25, 0.3) is 5.65 Å². The van der Waals surface area contributed by atoms with Gasteiger partial charge >= 0.3 is 6.09 Å². The third-order valence-corrected chi connectivity index (χ3v) is 19.1. The smallest absolute Gasteiger partial charge is 0.410 e. The number of carbonyl (C=O) groups is 1. The minimum absolute atomic E-state index is 0.00750. The summed E-state index contributed by atoms with van der Waals surface area (Å²) in [5, 5.41) is -0.00799. The summed E-state index contributed by atoms with van der Waals surface area (Å²) in [4.78, 5) is 20.9. The third-order valence-electron chi connectivity index (χ3n) is 10.2. The molecule has 1 aliphatic heterocycles. The Hall–Kier alpha value is -2.47. The highest BCUT2D eigenvalue weighted by atomic mass is 28.4. The van der Waals surface area contributed by atoms with E-state index in [0.29, 0.717) is 12.5 Å². The molecule has 0 radical (unpaired) electrons. The molecular weight excluding hydrogens is 571 g/mol. The van der Waals surface area contributed by atoms with E-state index in [1.807, 2.05) is 35.2 Å². The van der Waals surface area contributed by atoms with Crippen molar-refractivity contribution in [1.29, 1.82) is 0 Å². The van der Waals surface area contributed by atoms with Gasteiger partial charge in [-0.3, -0.25) is 4.90 Å². The Bertz CT molecular complexity index is 1440. The van der Waals surface area contributed by atoms with Crippen molar-refractivity contribution in [2.24, 2.45) is 0 Å². The number of hydrogen-bond donors (Lipinski definition) is 0. The molecule has 2 fully saturated rings. The number of benzene rings is 1. The van der Waals surface area contributed by atoms with Crippen molar-refractivity contribution in [2.45, 2.75) is 121 Å². The van der Waals surface area contributed by atoms with Crippen molar-refractivity contribution in [2.75, 3.05) is 6.54 Å². The monoisotopic (exact) mass is 621 g/mol. The Morgan fingerprint density at radius 2 is 1.51 bits per heavy atom. The summed E-state index contributed by atoms with van der Waals surface area (Å²) in [6.07, 6.45) is 5.74. The normalized spacial score (nSPS) is 21.9. The highest BCUT2D eigenvalue weighted by Gasteiger charge is 2.54. The molecule has 3 heterocycles. The van der Waals surface area contributed by atoms with E-state index in [4.69, 9.17) is 18.6 Å². The van der Waals surface area contributed by atoms with E-state index in [1.165, 1.54) is 18.4 Å². The van der Waals surface area contributed by atoms with Gasteiger partial charge in [0, 0.05) is 12.4 Å². The molecule has 1 aliphatic carbocycles. The quantitative estimate of drug-likeness (QED) is 0.236. The Kier molecular flexibility index (Phi) is 8.52. The number of hydrogen-bond acceptors (Lipinski definition) is 5. The lowest BCUT2D eigenvalue weighted by Crippen LogP contribution is -2.51. The van der Waals surface area contributed by atoms with Gasteiger partial charge in [0.05, 0.1) is 24.4 Å². The Morgan fingerprint density at radius 1 is 0.884 bits per heavy atom. The number of fused-ring (bicyclic) bond motifs is 1. The van der Waals surface area contributed by atoms with Crippen LogP contribution in [-0.4, -0.2) is 55.8 Å². The molecule has 5 rings (SSSR count).